The van der Waals surface area contributed by atoms with Crippen LogP contribution >= 0.6 is 0 Å². The molecule has 3 aromatic heterocycles. The van der Waals surface area contributed by atoms with E-state index >= 15 is 0 Å². The zero-order valence-electron chi connectivity index (χ0n) is 18.0. The maximum absolute atomic E-state index is 12.4. The number of hydrogen-bond acceptors (Lipinski definition) is 7. The van der Waals surface area contributed by atoms with Gasteiger partial charge in [-0.2, -0.15) is 0 Å². The van der Waals surface area contributed by atoms with Crippen LogP contribution in [0.4, 0.5) is 0 Å². The molecule has 4 rings (SSSR count). The van der Waals surface area contributed by atoms with Gasteiger partial charge in [-0.15, -0.1) is 0 Å². The molecule has 0 aliphatic rings. The van der Waals surface area contributed by atoms with Gasteiger partial charge in [-0.05, 0) is 50.1 Å². The second kappa shape index (κ2) is 8.66. The summed E-state index contributed by atoms with van der Waals surface area (Å²) in [7, 11) is 1.54. The zero-order valence-corrected chi connectivity index (χ0v) is 18.0. The Morgan fingerprint density at radius 3 is 2.72 bits per heavy atom. The molecule has 0 amide bonds. The van der Waals surface area contributed by atoms with Crippen molar-refractivity contribution in [1.82, 2.24) is 9.38 Å². The number of aryl methyl sites for hydroxylation is 2. The quantitative estimate of drug-likeness (QED) is 0.340. The third-order valence-corrected chi connectivity index (χ3v) is 5.39. The molecule has 8 heteroatoms. The molecule has 0 aliphatic heterocycles. The predicted octanol–water partition coefficient (Wildman–Crippen LogP) is 3.10. The Morgan fingerprint density at radius 2 is 1.94 bits per heavy atom. The lowest BCUT2D eigenvalue weighted by atomic mass is 10.0. The fourth-order valence-corrected chi connectivity index (χ4v) is 3.68. The van der Waals surface area contributed by atoms with Gasteiger partial charge >= 0.3 is 11.6 Å². The van der Waals surface area contributed by atoms with E-state index in [1.807, 2.05) is 26.0 Å². The standard InChI is InChI=1S/C24H22N2O6/c1-14-5-4-6-21-25-16(11-22(27)26(14)21)13-31-23(28)10-9-19-15(2)18-8-7-17(30-3)12-20(18)32-24(19)29/h4-8,11-12H,9-10,13H2,1-3H3. The first-order valence-electron chi connectivity index (χ1n) is 10.1. The SMILES string of the molecule is COc1ccc2c(C)c(CCC(=O)OCc3cc(=O)n4c(C)cccc4n3)c(=O)oc2c1. The van der Waals surface area contributed by atoms with E-state index in [9.17, 15) is 14.4 Å². The molecule has 4 aromatic rings. The molecule has 1 aromatic carbocycles. The van der Waals surface area contributed by atoms with E-state index in [1.54, 1.807) is 24.3 Å². The van der Waals surface area contributed by atoms with E-state index in [0.29, 0.717) is 28.2 Å². The van der Waals surface area contributed by atoms with Crippen LogP contribution in [0.25, 0.3) is 16.6 Å². The Kier molecular flexibility index (Phi) is 5.77. The fourth-order valence-electron chi connectivity index (χ4n) is 3.68. The first-order chi connectivity index (χ1) is 15.4. The van der Waals surface area contributed by atoms with Crippen molar-refractivity contribution < 1.29 is 18.7 Å². The number of benzene rings is 1. The van der Waals surface area contributed by atoms with Crippen molar-refractivity contribution >= 4 is 22.6 Å². The third kappa shape index (κ3) is 4.12. The molecule has 0 N–H and O–H groups in total. The maximum Gasteiger partial charge on any atom is 0.339 e. The highest BCUT2D eigenvalue weighted by atomic mass is 16.5. The number of hydrogen-bond donors (Lipinski definition) is 0. The minimum atomic E-state index is -0.495. The average molecular weight is 434 g/mol. The van der Waals surface area contributed by atoms with Crippen LogP contribution in [0.15, 0.2) is 56.5 Å². The van der Waals surface area contributed by atoms with Crippen LogP contribution in [0.5, 0.6) is 5.75 Å². The summed E-state index contributed by atoms with van der Waals surface area (Å²) in [6.07, 6.45) is 0.181. The van der Waals surface area contributed by atoms with Gasteiger partial charge in [0.05, 0.1) is 12.8 Å². The van der Waals surface area contributed by atoms with Crippen LogP contribution < -0.4 is 15.9 Å². The van der Waals surface area contributed by atoms with Gasteiger partial charge in [-0.25, -0.2) is 9.78 Å². The molecule has 0 atom stereocenters. The summed E-state index contributed by atoms with van der Waals surface area (Å²) < 4.78 is 17.3. The molecule has 0 unspecified atom stereocenters. The third-order valence-electron chi connectivity index (χ3n) is 5.39. The zero-order chi connectivity index (χ0) is 22.8. The topological polar surface area (TPSA) is 100 Å². The molecule has 0 saturated carbocycles. The molecule has 164 valence electrons. The number of aromatic nitrogens is 2. The number of rotatable bonds is 6. The molecule has 32 heavy (non-hydrogen) atoms. The largest absolute Gasteiger partial charge is 0.497 e. The van der Waals surface area contributed by atoms with E-state index in [0.717, 1.165) is 16.6 Å². The Balaban J connectivity index is 1.45. The van der Waals surface area contributed by atoms with Crippen molar-refractivity contribution in [2.75, 3.05) is 7.11 Å². The highest BCUT2D eigenvalue weighted by Crippen LogP contribution is 2.24. The summed E-state index contributed by atoms with van der Waals surface area (Å²) in [4.78, 5) is 41.4. The van der Waals surface area contributed by atoms with Crippen molar-refractivity contribution in [3.8, 4) is 5.75 Å². The minimum Gasteiger partial charge on any atom is -0.497 e. The summed E-state index contributed by atoms with van der Waals surface area (Å²) in [5.74, 6) is 0.0957. The number of ether oxygens (including phenoxy) is 2. The van der Waals surface area contributed by atoms with Gasteiger partial charge in [-0.3, -0.25) is 14.0 Å². The summed E-state index contributed by atoms with van der Waals surface area (Å²) >= 11 is 0. The number of carbonyl (C=O) groups is 1. The number of methoxy groups -OCH3 is 1. The molecular formula is C24H22N2O6. The Labute approximate surface area is 183 Å². The molecule has 0 saturated heterocycles. The number of fused-ring (bicyclic) bond motifs is 2. The van der Waals surface area contributed by atoms with Crippen molar-refractivity contribution in [1.29, 1.82) is 0 Å². The summed E-state index contributed by atoms with van der Waals surface area (Å²) in [6, 6.07) is 12.0. The van der Waals surface area contributed by atoms with Crippen LogP contribution in [0.3, 0.4) is 0 Å². The Morgan fingerprint density at radius 1 is 1.12 bits per heavy atom. The van der Waals surface area contributed by atoms with Crippen LogP contribution in [-0.4, -0.2) is 22.5 Å². The molecule has 3 heterocycles. The molecule has 0 aliphatic carbocycles. The molecule has 0 spiro atoms. The van der Waals surface area contributed by atoms with Crippen LogP contribution in [-0.2, 0) is 22.6 Å². The smallest absolute Gasteiger partial charge is 0.339 e. The highest BCUT2D eigenvalue weighted by Gasteiger charge is 2.15. The van der Waals surface area contributed by atoms with Crippen molar-refractivity contribution in [2.24, 2.45) is 0 Å². The highest BCUT2D eigenvalue weighted by molar-refractivity contribution is 5.82. The monoisotopic (exact) mass is 434 g/mol. The van der Waals surface area contributed by atoms with Crippen molar-refractivity contribution in [2.45, 2.75) is 33.3 Å². The molecule has 0 radical (unpaired) electrons. The summed E-state index contributed by atoms with van der Waals surface area (Å²) in [5.41, 5.74) is 2.52. The second-order valence-electron chi connectivity index (χ2n) is 7.46. The van der Waals surface area contributed by atoms with E-state index in [-0.39, 0.29) is 25.0 Å². The number of carbonyl (C=O) groups excluding carboxylic acids is 1. The molecular weight excluding hydrogens is 412 g/mol. The first kappa shape index (κ1) is 21.3. The van der Waals surface area contributed by atoms with Crippen LogP contribution in [0.1, 0.15) is 28.9 Å². The second-order valence-corrected chi connectivity index (χ2v) is 7.46. The van der Waals surface area contributed by atoms with Gasteiger partial charge in [0.15, 0.2) is 0 Å². The van der Waals surface area contributed by atoms with Crippen molar-refractivity contribution in [3.05, 3.63) is 85.8 Å². The molecule has 0 bridgehead atoms. The number of esters is 1. The van der Waals surface area contributed by atoms with Crippen LogP contribution in [0.2, 0.25) is 0 Å². The summed E-state index contributed by atoms with van der Waals surface area (Å²) in [5, 5.41) is 0.782. The van der Waals surface area contributed by atoms with Gasteiger partial charge in [0.2, 0.25) is 0 Å². The Bertz CT molecular complexity index is 1450. The van der Waals surface area contributed by atoms with E-state index in [4.69, 9.17) is 13.9 Å². The van der Waals surface area contributed by atoms with E-state index in [1.165, 1.54) is 17.6 Å². The maximum atomic E-state index is 12.4. The molecule has 0 fully saturated rings. The molecule has 8 nitrogen and oxygen atoms in total. The first-order valence-corrected chi connectivity index (χ1v) is 10.1. The normalized spacial score (nSPS) is 11.1. The minimum absolute atomic E-state index is 0.00106. The lowest BCUT2D eigenvalue weighted by molar-refractivity contribution is -0.145. The predicted molar refractivity (Wildman–Crippen MR) is 118 cm³/mol. The average Bonchev–Trinajstić information content (AvgIpc) is 2.77. The van der Waals surface area contributed by atoms with Gasteiger partial charge in [0.1, 0.15) is 23.6 Å². The fraction of sp³-hybridized carbons (Fsp3) is 0.250. The van der Waals surface area contributed by atoms with Gasteiger partial charge < -0.3 is 13.9 Å². The number of nitrogens with zero attached hydrogens (tertiary/aromatic N) is 2. The lowest BCUT2D eigenvalue weighted by Crippen LogP contribution is -2.18. The van der Waals surface area contributed by atoms with E-state index in [2.05, 4.69) is 4.98 Å². The Hall–Kier alpha value is -3.94. The van der Waals surface area contributed by atoms with Crippen LogP contribution in [0, 0.1) is 13.8 Å². The lowest BCUT2D eigenvalue weighted by Gasteiger charge is -2.09. The summed E-state index contributed by atoms with van der Waals surface area (Å²) in [6.45, 7) is 3.52. The van der Waals surface area contributed by atoms with Gasteiger partial charge in [-0.1, -0.05) is 6.07 Å². The van der Waals surface area contributed by atoms with Gasteiger partial charge in [0, 0.05) is 35.2 Å². The van der Waals surface area contributed by atoms with Gasteiger partial charge in [0.25, 0.3) is 5.56 Å². The van der Waals surface area contributed by atoms with E-state index < -0.39 is 11.6 Å². The van der Waals surface area contributed by atoms with Crippen molar-refractivity contribution in [3.63, 3.8) is 0 Å². The number of pyridine rings is 1.